The summed E-state index contributed by atoms with van der Waals surface area (Å²) in [5, 5.41) is 8.35. The molecule has 1 aliphatic rings. The summed E-state index contributed by atoms with van der Waals surface area (Å²) in [6.45, 7) is 2.19. The summed E-state index contributed by atoms with van der Waals surface area (Å²) in [5.74, 6) is 0.271. The first kappa shape index (κ1) is 18.9. The van der Waals surface area contributed by atoms with Gasteiger partial charge in [-0.1, -0.05) is 30.3 Å². The Labute approximate surface area is 169 Å². The predicted molar refractivity (Wildman–Crippen MR) is 111 cm³/mol. The van der Waals surface area contributed by atoms with Gasteiger partial charge in [-0.25, -0.2) is 4.39 Å². The maximum Gasteiger partial charge on any atom is 0.274 e. The molecule has 4 rings (SSSR count). The van der Waals surface area contributed by atoms with Crippen LogP contribution >= 0.6 is 0 Å². The molecule has 0 N–H and O–H groups in total. The van der Waals surface area contributed by atoms with Gasteiger partial charge in [0.2, 0.25) is 0 Å². The van der Waals surface area contributed by atoms with Gasteiger partial charge in [0.05, 0.1) is 5.69 Å². The fourth-order valence-electron chi connectivity index (χ4n) is 3.42. The van der Waals surface area contributed by atoms with Crippen LogP contribution in [-0.4, -0.2) is 54.2 Å². The van der Waals surface area contributed by atoms with Gasteiger partial charge in [0, 0.05) is 38.9 Å². The first-order valence-electron chi connectivity index (χ1n) is 9.55. The molecule has 1 saturated heterocycles. The molecule has 6 nitrogen and oxygen atoms in total. The number of aromatic nitrogens is 2. The number of anilines is 3. The molecule has 1 amide bonds. The molecule has 1 aliphatic heterocycles. The Morgan fingerprint density at radius 3 is 2.24 bits per heavy atom. The van der Waals surface area contributed by atoms with E-state index in [-0.39, 0.29) is 11.7 Å². The number of benzene rings is 2. The lowest BCUT2D eigenvalue weighted by Crippen LogP contribution is -2.49. The first-order chi connectivity index (χ1) is 14.1. The molecular weight excluding hydrogens is 369 g/mol. The number of amides is 1. The fraction of sp³-hybridized carbons (Fsp3) is 0.227. The summed E-state index contributed by atoms with van der Waals surface area (Å²) in [7, 11) is 1.91. The summed E-state index contributed by atoms with van der Waals surface area (Å²) >= 11 is 0. The number of halogens is 1. The van der Waals surface area contributed by atoms with Gasteiger partial charge in [-0.15, -0.1) is 10.2 Å². The molecule has 0 bridgehead atoms. The van der Waals surface area contributed by atoms with Crippen LogP contribution in [0.15, 0.2) is 66.7 Å². The van der Waals surface area contributed by atoms with Crippen LogP contribution in [0.25, 0.3) is 0 Å². The van der Waals surface area contributed by atoms with Crippen LogP contribution in [0, 0.1) is 5.82 Å². The molecule has 0 atom stereocenters. The molecule has 2 aromatic carbocycles. The zero-order valence-electron chi connectivity index (χ0n) is 16.2. The summed E-state index contributed by atoms with van der Waals surface area (Å²) in [5.41, 5.74) is 1.88. The number of carbonyl (C=O) groups excluding carboxylic acids is 1. The van der Waals surface area contributed by atoms with Gasteiger partial charge >= 0.3 is 0 Å². The van der Waals surface area contributed by atoms with Gasteiger partial charge in [-0.2, -0.15) is 0 Å². The highest BCUT2D eigenvalue weighted by Crippen LogP contribution is 2.22. The second-order valence-corrected chi connectivity index (χ2v) is 6.90. The molecule has 1 fully saturated rings. The second-order valence-electron chi connectivity index (χ2n) is 6.90. The number of para-hydroxylation sites is 2. The molecule has 7 heteroatoms. The van der Waals surface area contributed by atoms with Gasteiger partial charge in [0.15, 0.2) is 11.5 Å². The van der Waals surface area contributed by atoms with Gasteiger partial charge < -0.3 is 14.7 Å². The lowest BCUT2D eigenvalue weighted by molar-refractivity contribution is 0.0739. The van der Waals surface area contributed by atoms with Crippen molar-refractivity contribution in [2.75, 3.05) is 43.0 Å². The molecule has 2 heterocycles. The fourth-order valence-corrected chi connectivity index (χ4v) is 3.42. The third kappa shape index (κ3) is 4.03. The van der Waals surface area contributed by atoms with Crippen LogP contribution in [-0.2, 0) is 0 Å². The summed E-state index contributed by atoms with van der Waals surface area (Å²) in [4.78, 5) is 18.4. The van der Waals surface area contributed by atoms with E-state index in [1.165, 1.54) is 6.07 Å². The minimum atomic E-state index is -0.240. The number of piperazine rings is 1. The van der Waals surface area contributed by atoms with E-state index in [4.69, 9.17) is 0 Å². The van der Waals surface area contributed by atoms with Crippen LogP contribution in [0.5, 0.6) is 0 Å². The third-order valence-corrected chi connectivity index (χ3v) is 5.12. The normalized spacial score (nSPS) is 14.0. The average molecular weight is 391 g/mol. The van der Waals surface area contributed by atoms with Crippen LogP contribution in [0.1, 0.15) is 10.5 Å². The lowest BCUT2D eigenvalue weighted by atomic mass is 10.2. The van der Waals surface area contributed by atoms with E-state index in [2.05, 4.69) is 10.2 Å². The Hall–Kier alpha value is -3.48. The maximum atomic E-state index is 14.0. The number of hydrogen-bond donors (Lipinski definition) is 0. The molecule has 0 radical (unpaired) electrons. The standard InChI is InChI=1S/C22H22FN5O/c1-26(17-7-3-2-4-8-17)21-12-11-19(24-25-21)22(29)28-15-13-27(14-16-28)20-10-6-5-9-18(20)23/h2-12H,13-16H2,1H3. The Morgan fingerprint density at radius 1 is 0.897 bits per heavy atom. The van der Waals surface area contributed by atoms with Crippen molar-refractivity contribution in [1.29, 1.82) is 0 Å². The maximum absolute atomic E-state index is 14.0. The molecule has 0 saturated carbocycles. The van der Waals surface area contributed by atoms with Crippen molar-refractivity contribution in [2.45, 2.75) is 0 Å². The van der Waals surface area contributed by atoms with Crippen molar-refractivity contribution < 1.29 is 9.18 Å². The highest BCUT2D eigenvalue weighted by molar-refractivity contribution is 5.92. The highest BCUT2D eigenvalue weighted by Gasteiger charge is 2.24. The van der Waals surface area contributed by atoms with E-state index < -0.39 is 0 Å². The van der Waals surface area contributed by atoms with E-state index in [0.717, 1.165) is 5.69 Å². The molecule has 1 aromatic heterocycles. The summed E-state index contributed by atoms with van der Waals surface area (Å²) < 4.78 is 14.0. The van der Waals surface area contributed by atoms with Crippen LogP contribution in [0.3, 0.4) is 0 Å². The van der Waals surface area contributed by atoms with Crippen molar-refractivity contribution in [2.24, 2.45) is 0 Å². The zero-order valence-corrected chi connectivity index (χ0v) is 16.2. The molecular formula is C22H22FN5O. The van der Waals surface area contributed by atoms with Crippen LogP contribution in [0.2, 0.25) is 0 Å². The zero-order chi connectivity index (χ0) is 20.2. The Balaban J connectivity index is 1.40. The van der Waals surface area contributed by atoms with E-state index in [9.17, 15) is 9.18 Å². The molecule has 29 heavy (non-hydrogen) atoms. The molecule has 148 valence electrons. The lowest BCUT2D eigenvalue weighted by Gasteiger charge is -2.36. The topological polar surface area (TPSA) is 52.6 Å². The monoisotopic (exact) mass is 391 g/mol. The Kier molecular flexibility index (Phi) is 5.37. The predicted octanol–water partition coefficient (Wildman–Crippen LogP) is 3.35. The van der Waals surface area contributed by atoms with Gasteiger partial charge in [-0.05, 0) is 36.4 Å². The van der Waals surface area contributed by atoms with E-state index in [1.807, 2.05) is 53.2 Å². The minimum Gasteiger partial charge on any atom is -0.366 e. The van der Waals surface area contributed by atoms with Crippen molar-refractivity contribution in [3.8, 4) is 0 Å². The SMILES string of the molecule is CN(c1ccccc1)c1ccc(C(=O)N2CCN(c3ccccc3F)CC2)nn1. The highest BCUT2D eigenvalue weighted by atomic mass is 19.1. The van der Waals surface area contributed by atoms with Crippen molar-refractivity contribution in [1.82, 2.24) is 15.1 Å². The van der Waals surface area contributed by atoms with Crippen LogP contribution in [0.4, 0.5) is 21.6 Å². The van der Waals surface area contributed by atoms with E-state index >= 15 is 0 Å². The molecule has 0 spiro atoms. The molecule has 3 aromatic rings. The summed E-state index contributed by atoms with van der Waals surface area (Å²) in [6, 6.07) is 20.0. The number of rotatable bonds is 4. The largest absolute Gasteiger partial charge is 0.366 e. The number of nitrogens with zero attached hydrogens (tertiary/aromatic N) is 5. The average Bonchev–Trinajstić information content (AvgIpc) is 2.79. The van der Waals surface area contributed by atoms with Gasteiger partial charge in [-0.3, -0.25) is 4.79 Å². The summed E-state index contributed by atoms with van der Waals surface area (Å²) in [6.07, 6.45) is 0. The van der Waals surface area contributed by atoms with E-state index in [0.29, 0.717) is 43.4 Å². The first-order valence-corrected chi connectivity index (χ1v) is 9.55. The smallest absolute Gasteiger partial charge is 0.274 e. The Morgan fingerprint density at radius 2 is 1.59 bits per heavy atom. The number of carbonyl (C=O) groups is 1. The quantitative estimate of drug-likeness (QED) is 0.683. The molecule has 0 aliphatic carbocycles. The Bertz CT molecular complexity index is 972. The molecule has 0 unspecified atom stereocenters. The minimum absolute atomic E-state index is 0.153. The second kappa shape index (κ2) is 8.26. The van der Waals surface area contributed by atoms with Crippen LogP contribution < -0.4 is 9.80 Å². The van der Waals surface area contributed by atoms with Crippen molar-refractivity contribution in [3.05, 3.63) is 78.2 Å². The van der Waals surface area contributed by atoms with E-state index in [1.54, 1.807) is 29.2 Å². The number of hydrogen-bond acceptors (Lipinski definition) is 5. The van der Waals surface area contributed by atoms with Crippen molar-refractivity contribution in [3.63, 3.8) is 0 Å². The third-order valence-electron chi connectivity index (χ3n) is 5.12. The van der Waals surface area contributed by atoms with Gasteiger partial charge in [0.1, 0.15) is 5.82 Å². The van der Waals surface area contributed by atoms with Gasteiger partial charge in [0.25, 0.3) is 5.91 Å². The van der Waals surface area contributed by atoms with Crippen molar-refractivity contribution >= 4 is 23.1 Å².